The van der Waals surface area contributed by atoms with E-state index in [-0.39, 0.29) is 11.4 Å². The first-order chi connectivity index (χ1) is 8.99. The van der Waals surface area contributed by atoms with Crippen LogP contribution in [-0.4, -0.2) is 4.21 Å². The maximum atomic E-state index is 13.3. The largest absolute Gasteiger partial charge is 0.396 e. The molecule has 2 aromatic carbocycles. The average Bonchev–Trinajstić information content (AvgIpc) is 2.37. The molecule has 0 aromatic heterocycles. The van der Waals surface area contributed by atoms with Gasteiger partial charge < -0.3 is 5.73 Å². The maximum Gasteiger partial charge on any atom is 0.147 e. The molecule has 0 aliphatic rings. The van der Waals surface area contributed by atoms with Gasteiger partial charge in [-0.25, -0.2) is 4.39 Å². The molecule has 0 bridgehead atoms. The summed E-state index contributed by atoms with van der Waals surface area (Å²) in [6.45, 7) is 0. The van der Waals surface area contributed by atoms with Crippen molar-refractivity contribution in [2.75, 3.05) is 5.73 Å². The number of hydrogen-bond donors (Lipinski definition) is 1. The summed E-state index contributed by atoms with van der Waals surface area (Å²) >= 11 is 12.0. The lowest BCUT2D eigenvalue weighted by Crippen LogP contribution is -2.00. The molecule has 0 heterocycles. The average molecular weight is 318 g/mol. The van der Waals surface area contributed by atoms with Crippen molar-refractivity contribution in [1.82, 2.24) is 0 Å². The molecule has 6 heteroatoms. The van der Waals surface area contributed by atoms with Crippen molar-refractivity contribution >= 4 is 39.7 Å². The summed E-state index contributed by atoms with van der Waals surface area (Å²) in [7, 11) is -1.44. The Balaban J connectivity index is 2.28. The molecular formula is C13H10Cl2FNOS. The van der Waals surface area contributed by atoms with Crippen LogP contribution in [0, 0.1) is 5.82 Å². The van der Waals surface area contributed by atoms with Crippen LogP contribution in [0.5, 0.6) is 0 Å². The summed E-state index contributed by atoms with van der Waals surface area (Å²) in [5, 5.41) is 0.883. The molecular weight excluding hydrogens is 308 g/mol. The van der Waals surface area contributed by atoms with Crippen molar-refractivity contribution < 1.29 is 8.60 Å². The van der Waals surface area contributed by atoms with Crippen LogP contribution in [0.4, 0.5) is 10.1 Å². The van der Waals surface area contributed by atoms with E-state index in [0.29, 0.717) is 20.5 Å². The van der Waals surface area contributed by atoms with E-state index < -0.39 is 16.6 Å². The SMILES string of the molecule is Nc1ccc(S(=O)Cc2c(Cl)cccc2Cl)cc1F. The number of nitrogens with two attached hydrogens (primary N) is 1. The Hall–Kier alpha value is -1.10. The number of halogens is 3. The summed E-state index contributed by atoms with van der Waals surface area (Å²) in [5.41, 5.74) is 5.98. The van der Waals surface area contributed by atoms with Crippen LogP contribution in [0.3, 0.4) is 0 Å². The topological polar surface area (TPSA) is 43.1 Å². The third-order valence-corrected chi connectivity index (χ3v) is 4.61. The van der Waals surface area contributed by atoms with E-state index >= 15 is 0 Å². The first-order valence-corrected chi connectivity index (χ1v) is 7.43. The first kappa shape index (κ1) is 14.3. The van der Waals surface area contributed by atoms with Crippen LogP contribution < -0.4 is 5.73 Å². The predicted octanol–water partition coefficient (Wildman–Crippen LogP) is 4.02. The third-order valence-electron chi connectivity index (χ3n) is 2.57. The molecule has 0 aliphatic carbocycles. The van der Waals surface area contributed by atoms with Crippen molar-refractivity contribution in [3.05, 3.63) is 57.8 Å². The van der Waals surface area contributed by atoms with Gasteiger partial charge in [0.1, 0.15) is 5.82 Å². The van der Waals surface area contributed by atoms with Crippen LogP contribution in [-0.2, 0) is 16.6 Å². The summed E-state index contributed by atoms with van der Waals surface area (Å²) in [6, 6.07) is 9.12. The maximum absolute atomic E-state index is 13.3. The zero-order valence-electron chi connectivity index (χ0n) is 9.70. The molecule has 1 atom stereocenters. The Bertz CT molecular complexity index is 628. The fourth-order valence-electron chi connectivity index (χ4n) is 1.53. The molecule has 0 saturated heterocycles. The highest BCUT2D eigenvalue weighted by atomic mass is 35.5. The molecule has 0 aliphatic heterocycles. The molecule has 2 aromatic rings. The number of benzene rings is 2. The summed E-state index contributed by atoms with van der Waals surface area (Å²) in [6.07, 6.45) is 0. The van der Waals surface area contributed by atoms with Gasteiger partial charge in [-0.1, -0.05) is 29.3 Å². The van der Waals surface area contributed by atoms with Crippen molar-refractivity contribution in [1.29, 1.82) is 0 Å². The Kier molecular flexibility index (Phi) is 4.45. The Labute approximate surface area is 122 Å². The summed E-state index contributed by atoms with van der Waals surface area (Å²) in [5.74, 6) is -0.460. The minimum atomic E-state index is -1.44. The van der Waals surface area contributed by atoms with Gasteiger partial charge in [-0.3, -0.25) is 4.21 Å². The van der Waals surface area contributed by atoms with E-state index in [1.807, 2.05) is 0 Å². The predicted molar refractivity (Wildman–Crippen MR) is 77.4 cm³/mol. The lowest BCUT2D eigenvalue weighted by atomic mass is 10.2. The molecule has 0 fully saturated rings. The second-order valence-electron chi connectivity index (χ2n) is 3.87. The molecule has 0 amide bonds. The van der Waals surface area contributed by atoms with E-state index in [1.165, 1.54) is 12.1 Å². The van der Waals surface area contributed by atoms with E-state index in [4.69, 9.17) is 28.9 Å². The first-order valence-electron chi connectivity index (χ1n) is 5.35. The van der Waals surface area contributed by atoms with Crippen molar-refractivity contribution in [2.24, 2.45) is 0 Å². The Morgan fingerprint density at radius 1 is 1.16 bits per heavy atom. The fourth-order valence-corrected chi connectivity index (χ4v) is 3.42. The second-order valence-corrected chi connectivity index (χ2v) is 6.14. The number of nitrogen functional groups attached to an aromatic ring is 1. The highest BCUT2D eigenvalue weighted by Gasteiger charge is 2.12. The van der Waals surface area contributed by atoms with Crippen LogP contribution in [0.15, 0.2) is 41.3 Å². The second kappa shape index (κ2) is 5.90. The third kappa shape index (κ3) is 3.26. The van der Waals surface area contributed by atoms with Gasteiger partial charge in [0, 0.05) is 20.5 Å². The lowest BCUT2D eigenvalue weighted by Gasteiger charge is -2.07. The van der Waals surface area contributed by atoms with Gasteiger partial charge >= 0.3 is 0 Å². The van der Waals surface area contributed by atoms with Gasteiger partial charge in [-0.05, 0) is 30.3 Å². The van der Waals surface area contributed by atoms with E-state index in [9.17, 15) is 8.60 Å². The molecule has 0 saturated carbocycles. The molecule has 0 spiro atoms. The van der Waals surface area contributed by atoms with E-state index in [2.05, 4.69) is 0 Å². The highest BCUT2D eigenvalue weighted by molar-refractivity contribution is 7.84. The zero-order valence-corrected chi connectivity index (χ0v) is 12.0. The molecule has 1 unspecified atom stereocenters. The van der Waals surface area contributed by atoms with Gasteiger partial charge in [0.15, 0.2) is 0 Å². The summed E-state index contributed by atoms with van der Waals surface area (Å²) in [4.78, 5) is 0.350. The van der Waals surface area contributed by atoms with Gasteiger partial charge in [-0.15, -0.1) is 0 Å². The molecule has 2 rings (SSSR count). The minimum Gasteiger partial charge on any atom is -0.396 e. The normalized spacial score (nSPS) is 12.4. The highest BCUT2D eigenvalue weighted by Crippen LogP contribution is 2.27. The molecule has 100 valence electrons. The van der Waals surface area contributed by atoms with Gasteiger partial charge in [0.2, 0.25) is 0 Å². The fraction of sp³-hybridized carbons (Fsp3) is 0.0769. The zero-order chi connectivity index (χ0) is 14.0. The van der Waals surface area contributed by atoms with Crippen LogP contribution in [0.1, 0.15) is 5.56 Å². The number of rotatable bonds is 3. The van der Waals surface area contributed by atoms with Crippen molar-refractivity contribution in [3.63, 3.8) is 0 Å². The van der Waals surface area contributed by atoms with E-state index in [1.54, 1.807) is 18.2 Å². The van der Waals surface area contributed by atoms with Gasteiger partial charge in [0.25, 0.3) is 0 Å². The minimum absolute atomic E-state index is 0.0246. The summed E-state index contributed by atoms with van der Waals surface area (Å²) < 4.78 is 25.5. The molecule has 2 N–H and O–H groups in total. The lowest BCUT2D eigenvalue weighted by molar-refractivity contribution is 0.627. The van der Waals surface area contributed by atoms with Gasteiger partial charge in [0.05, 0.1) is 22.2 Å². The Morgan fingerprint density at radius 3 is 2.37 bits per heavy atom. The molecule has 2 nitrogen and oxygen atoms in total. The quantitative estimate of drug-likeness (QED) is 0.869. The van der Waals surface area contributed by atoms with Gasteiger partial charge in [-0.2, -0.15) is 0 Å². The smallest absolute Gasteiger partial charge is 0.147 e. The van der Waals surface area contributed by atoms with Crippen LogP contribution in [0.2, 0.25) is 10.0 Å². The van der Waals surface area contributed by atoms with Crippen LogP contribution >= 0.6 is 23.2 Å². The monoisotopic (exact) mass is 317 g/mol. The van der Waals surface area contributed by atoms with Crippen molar-refractivity contribution in [3.8, 4) is 0 Å². The molecule has 0 radical (unpaired) electrons. The number of hydrogen-bond acceptors (Lipinski definition) is 2. The van der Waals surface area contributed by atoms with Crippen LogP contribution in [0.25, 0.3) is 0 Å². The number of anilines is 1. The Morgan fingerprint density at radius 2 is 1.79 bits per heavy atom. The van der Waals surface area contributed by atoms with Crippen molar-refractivity contribution in [2.45, 2.75) is 10.6 Å². The standard InChI is InChI=1S/C13H10Cl2FNOS/c14-10-2-1-3-11(15)9(10)7-19(18)8-4-5-13(17)12(16)6-8/h1-6H,7,17H2. The molecule has 19 heavy (non-hydrogen) atoms. The van der Waals surface area contributed by atoms with E-state index in [0.717, 1.165) is 6.07 Å².